The van der Waals surface area contributed by atoms with Gasteiger partial charge in [-0.25, -0.2) is 0 Å². The third kappa shape index (κ3) is 4.67. The van der Waals surface area contributed by atoms with Crippen molar-refractivity contribution in [3.63, 3.8) is 0 Å². The van der Waals surface area contributed by atoms with Crippen molar-refractivity contribution in [2.24, 2.45) is 11.3 Å². The Labute approximate surface area is 120 Å². The van der Waals surface area contributed by atoms with Crippen LogP contribution in [0.3, 0.4) is 0 Å². The number of hydrogen-bond acceptors (Lipinski definition) is 0. The highest BCUT2D eigenvalue weighted by atomic mass is 14.3. The van der Waals surface area contributed by atoms with Crippen LogP contribution in [-0.4, -0.2) is 0 Å². The summed E-state index contributed by atoms with van der Waals surface area (Å²) in [4.78, 5) is 0. The van der Waals surface area contributed by atoms with Crippen LogP contribution >= 0.6 is 0 Å². The van der Waals surface area contributed by atoms with E-state index in [1.54, 1.807) is 0 Å². The second-order valence-corrected chi connectivity index (χ2v) is 8.42. The average molecular weight is 260 g/mol. The Hall–Kier alpha value is -0.780. The topological polar surface area (TPSA) is 0 Å². The summed E-state index contributed by atoms with van der Waals surface area (Å²) in [5.41, 5.74) is 3.49. The van der Waals surface area contributed by atoms with Crippen LogP contribution in [-0.2, 0) is 5.41 Å². The van der Waals surface area contributed by atoms with Crippen LogP contribution in [0.25, 0.3) is 0 Å². The van der Waals surface area contributed by atoms with Gasteiger partial charge in [-0.2, -0.15) is 0 Å². The zero-order chi connectivity index (χ0) is 14.8. The Morgan fingerprint density at radius 3 is 1.63 bits per heavy atom. The third-order valence-corrected chi connectivity index (χ3v) is 3.93. The molecule has 1 atom stereocenters. The molecule has 1 rings (SSSR count). The first-order chi connectivity index (χ1) is 8.51. The monoisotopic (exact) mass is 260 g/mol. The van der Waals surface area contributed by atoms with Crippen LogP contribution in [0.5, 0.6) is 0 Å². The highest BCUT2D eigenvalue weighted by Gasteiger charge is 2.27. The van der Waals surface area contributed by atoms with Gasteiger partial charge in [0.1, 0.15) is 0 Å². The van der Waals surface area contributed by atoms with E-state index in [0.29, 0.717) is 11.3 Å². The van der Waals surface area contributed by atoms with E-state index in [4.69, 9.17) is 0 Å². The predicted octanol–water partition coefficient (Wildman–Crippen LogP) is 6.16. The lowest BCUT2D eigenvalue weighted by Gasteiger charge is -2.33. The quantitative estimate of drug-likeness (QED) is 0.610. The maximum absolute atomic E-state index is 2.36. The minimum absolute atomic E-state index is 0.244. The van der Waals surface area contributed by atoms with E-state index >= 15 is 0 Å². The molecule has 0 aromatic heterocycles. The Morgan fingerprint density at radius 2 is 1.32 bits per heavy atom. The molecular formula is C19H32. The summed E-state index contributed by atoms with van der Waals surface area (Å²) >= 11 is 0. The van der Waals surface area contributed by atoms with Gasteiger partial charge in [-0.15, -0.1) is 0 Å². The molecule has 0 N–H and O–H groups in total. The fraction of sp³-hybridized carbons (Fsp3) is 0.684. The molecule has 1 unspecified atom stereocenters. The maximum atomic E-state index is 2.36. The minimum Gasteiger partial charge on any atom is -0.0628 e. The lowest BCUT2D eigenvalue weighted by molar-refractivity contribution is 0.280. The lowest BCUT2D eigenvalue weighted by Crippen LogP contribution is -2.20. The van der Waals surface area contributed by atoms with Gasteiger partial charge in [0.05, 0.1) is 0 Å². The van der Waals surface area contributed by atoms with Crippen LogP contribution in [0.4, 0.5) is 0 Å². The fourth-order valence-corrected chi connectivity index (χ4v) is 2.68. The second-order valence-electron chi connectivity index (χ2n) is 8.42. The summed E-state index contributed by atoms with van der Waals surface area (Å²) in [6.45, 7) is 18.5. The molecule has 0 aliphatic heterocycles. The van der Waals surface area contributed by atoms with Crippen molar-refractivity contribution in [2.75, 3.05) is 0 Å². The maximum Gasteiger partial charge on any atom is -0.0111 e. The highest BCUT2D eigenvalue weighted by Crippen LogP contribution is 2.40. The molecule has 0 bridgehead atoms. The molecule has 1 aromatic rings. The van der Waals surface area contributed by atoms with Crippen LogP contribution < -0.4 is 0 Å². The van der Waals surface area contributed by atoms with Gasteiger partial charge >= 0.3 is 0 Å². The van der Waals surface area contributed by atoms with Crippen molar-refractivity contribution >= 4 is 0 Å². The highest BCUT2D eigenvalue weighted by molar-refractivity contribution is 5.30. The molecule has 0 nitrogen and oxygen atoms in total. The summed E-state index contributed by atoms with van der Waals surface area (Å²) < 4.78 is 0. The Balaban J connectivity index is 3.05. The van der Waals surface area contributed by atoms with Gasteiger partial charge in [-0.3, -0.25) is 0 Å². The SMILES string of the molecule is CC(C)CC(c1ccc(C(C)(C)C)cc1)C(C)(C)C. The van der Waals surface area contributed by atoms with E-state index in [2.05, 4.69) is 79.7 Å². The molecule has 0 heteroatoms. The first-order valence-corrected chi connectivity index (χ1v) is 7.62. The molecule has 0 spiro atoms. The van der Waals surface area contributed by atoms with Gasteiger partial charge in [-0.05, 0) is 40.2 Å². The van der Waals surface area contributed by atoms with Crippen molar-refractivity contribution in [3.8, 4) is 0 Å². The van der Waals surface area contributed by atoms with Gasteiger partial charge in [0.25, 0.3) is 0 Å². The average Bonchev–Trinajstić information content (AvgIpc) is 2.23. The van der Waals surface area contributed by atoms with E-state index in [9.17, 15) is 0 Å². The van der Waals surface area contributed by atoms with Crippen molar-refractivity contribution in [1.29, 1.82) is 0 Å². The lowest BCUT2D eigenvalue weighted by atomic mass is 9.72. The van der Waals surface area contributed by atoms with E-state index in [1.165, 1.54) is 17.5 Å². The van der Waals surface area contributed by atoms with Crippen LogP contribution in [0.2, 0.25) is 0 Å². The zero-order valence-corrected chi connectivity index (χ0v) is 14.2. The second kappa shape index (κ2) is 5.69. The molecule has 0 aliphatic rings. The Kier molecular flexibility index (Phi) is 4.87. The van der Waals surface area contributed by atoms with Gasteiger partial charge in [0.2, 0.25) is 0 Å². The molecule has 0 fully saturated rings. The molecule has 0 heterocycles. The van der Waals surface area contributed by atoms with Crippen molar-refractivity contribution in [1.82, 2.24) is 0 Å². The van der Waals surface area contributed by atoms with E-state index in [-0.39, 0.29) is 5.41 Å². The third-order valence-electron chi connectivity index (χ3n) is 3.93. The summed E-state index contributed by atoms with van der Waals surface area (Å²) in [5.74, 6) is 1.38. The molecule has 0 aliphatic carbocycles. The van der Waals surface area contributed by atoms with Crippen molar-refractivity contribution in [2.45, 2.75) is 73.1 Å². The van der Waals surface area contributed by atoms with Crippen LogP contribution in [0.1, 0.15) is 78.9 Å². The summed E-state index contributed by atoms with van der Waals surface area (Å²) in [7, 11) is 0. The number of rotatable bonds is 3. The molecule has 108 valence electrons. The first-order valence-electron chi connectivity index (χ1n) is 7.62. The standard InChI is InChI=1S/C19H32/c1-14(2)13-17(19(6,7)8)15-9-11-16(12-10-15)18(3,4)5/h9-12,14,17H,13H2,1-8H3. The normalized spacial score (nSPS) is 14.8. The molecule has 1 aromatic carbocycles. The first kappa shape index (κ1) is 16.3. The molecule has 0 amide bonds. The molecule has 0 radical (unpaired) electrons. The minimum atomic E-state index is 0.244. The molecular weight excluding hydrogens is 228 g/mol. The van der Waals surface area contributed by atoms with Gasteiger partial charge in [0.15, 0.2) is 0 Å². The summed E-state index contributed by atoms with van der Waals surface area (Å²) in [6, 6.07) is 9.32. The van der Waals surface area contributed by atoms with Crippen molar-refractivity contribution < 1.29 is 0 Å². The van der Waals surface area contributed by atoms with E-state index < -0.39 is 0 Å². The van der Waals surface area contributed by atoms with Crippen LogP contribution in [0, 0.1) is 11.3 Å². The smallest absolute Gasteiger partial charge is 0.0111 e. The van der Waals surface area contributed by atoms with Gasteiger partial charge < -0.3 is 0 Å². The summed E-state index contributed by atoms with van der Waals surface area (Å²) in [5, 5.41) is 0. The fourth-order valence-electron chi connectivity index (χ4n) is 2.68. The van der Waals surface area contributed by atoms with E-state index in [0.717, 1.165) is 5.92 Å². The van der Waals surface area contributed by atoms with Gasteiger partial charge in [-0.1, -0.05) is 79.7 Å². The predicted molar refractivity (Wildman–Crippen MR) is 86.8 cm³/mol. The van der Waals surface area contributed by atoms with Crippen molar-refractivity contribution in [3.05, 3.63) is 35.4 Å². The Morgan fingerprint density at radius 1 is 0.842 bits per heavy atom. The molecule has 19 heavy (non-hydrogen) atoms. The molecule has 0 saturated carbocycles. The zero-order valence-electron chi connectivity index (χ0n) is 14.2. The molecule has 0 saturated heterocycles. The van der Waals surface area contributed by atoms with E-state index in [1.807, 2.05) is 0 Å². The Bertz CT molecular complexity index is 382. The summed E-state index contributed by atoms with van der Waals surface area (Å²) in [6.07, 6.45) is 1.26. The number of hydrogen-bond donors (Lipinski definition) is 0. The van der Waals surface area contributed by atoms with Crippen LogP contribution in [0.15, 0.2) is 24.3 Å². The largest absolute Gasteiger partial charge is 0.0628 e. The van der Waals surface area contributed by atoms with Gasteiger partial charge in [0, 0.05) is 0 Å². The number of benzene rings is 1.